The number of hydrogen-bond donors (Lipinski definition) is 0. The van der Waals surface area contributed by atoms with Crippen LogP contribution in [-0.4, -0.2) is 31.9 Å². The molecule has 3 rings (SSSR count). The molecule has 0 N–H and O–H groups in total. The first-order chi connectivity index (χ1) is 13.4. The molecule has 0 spiro atoms. The number of aromatic nitrogens is 2. The molecule has 9 heteroatoms. The highest BCUT2D eigenvalue weighted by atomic mass is 35.5. The predicted octanol–water partition coefficient (Wildman–Crippen LogP) is 4.35. The SMILES string of the molecule is CC(C)N(Cc1nc(-c2ccccc2)no1)C(=O)c1ccc(Cl)c([N+](=O)[O-])c1. The van der Waals surface area contributed by atoms with Crippen molar-refractivity contribution in [2.75, 3.05) is 0 Å². The minimum absolute atomic E-state index is 0.0259. The third-order valence-electron chi connectivity index (χ3n) is 4.08. The third kappa shape index (κ3) is 4.17. The van der Waals surface area contributed by atoms with E-state index in [0.717, 1.165) is 5.56 Å². The molecule has 2 aromatic carbocycles. The van der Waals surface area contributed by atoms with Crippen LogP contribution in [0.1, 0.15) is 30.1 Å². The van der Waals surface area contributed by atoms with Gasteiger partial charge in [0.2, 0.25) is 11.7 Å². The topological polar surface area (TPSA) is 102 Å². The standard InChI is InChI=1S/C19H17ClN4O4/c1-12(2)23(19(25)14-8-9-15(20)16(10-14)24(26)27)11-17-21-18(22-28-17)13-6-4-3-5-7-13/h3-10,12H,11H2,1-2H3. The van der Waals surface area contributed by atoms with E-state index in [1.807, 2.05) is 44.2 Å². The molecule has 0 aliphatic rings. The van der Waals surface area contributed by atoms with Crippen molar-refractivity contribution in [3.8, 4) is 11.4 Å². The Morgan fingerprint density at radius 1 is 1.25 bits per heavy atom. The van der Waals surface area contributed by atoms with Crippen LogP contribution in [0.4, 0.5) is 5.69 Å². The summed E-state index contributed by atoms with van der Waals surface area (Å²) in [5, 5.41) is 15.0. The van der Waals surface area contributed by atoms with Gasteiger partial charge >= 0.3 is 0 Å². The van der Waals surface area contributed by atoms with Gasteiger partial charge in [-0.05, 0) is 26.0 Å². The maximum atomic E-state index is 12.9. The maximum absolute atomic E-state index is 12.9. The molecule has 1 aromatic heterocycles. The van der Waals surface area contributed by atoms with Crippen molar-refractivity contribution in [3.05, 3.63) is 75.1 Å². The predicted molar refractivity (Wildman–Crippen MR) is 103 cm³/mol. The number of amides is 1. The van der Waals surface area contributed by atoms with Crippen LogP contribution >= 0.6 is 11.6 Å². The van der Waals surface area contributed by atoms with E-state index in [4.69, 9.17) is 16.1 Å². The highest BCUT2D eigenvalue weighted by molar-refractivity contribution is 6.32. The summed E-state index contributed by atoms with van der Waals surface area (Å²) in [5.41, 5.74) is 0.640. The van der Waals surface area contributed by atoms with Crippen LogP contribution < -0.4 is 0 Å². The number of carbonyl (C=O) groups excluding carboxylic acids is 1. The summed E-state index contributed by atoms with van der Waals surface area (Å²) in [5.74, 6) is 0.299. The number of halogens is 1. The highest BCUT2D eigenvalue weighted by Gasteiger charge is 2.24. The highest BCUT2D eigenvalue weighted by Crippen LogP contribution is 2.26. The molecular weight excluding hydrogens is 384 g/mol. The molecule has 28 heavy (non-hydrogen) atoms. The molecule has 0 fully saturated rings. The van der Waals surface area contributed by atoms with Gasteiger partial charge in [-0.25, -0.2) is 0 Å². The summed E-state index contributed by atoms with van der Waals surface area (Å²) < 4.78 is 5.28. The maximum Gasteiger partial charge on any atom is 0.288 e. The number of nitro groups is 1. The van der Waals surface area contributed by atoms with Crippen LogP contribution in [0.25, 0.3) is 11.4 Å². The van der Waals surface area contributed by atoms with Crippen LogP contribution in [-0.2, 0) is 6.54 Å². The summed E-state index contributed by atoms with van der Waals surface area (Å²) >= 11 is 5.83. The lowest BCUT2D eigenvalue weighted by Crippen LogP contribution is -2.36. The van der Waals surface area contributed by atoms with Crippen molar-refractivity contribution in [3.63, 3.8) is 0 Å². The molecule has 144 valence electrons. The molecule has 0 saturated heterocycles. The smallest absolute Gasteiger partial charge is 0.288 e. The third-order valence-corrected chi connectivity index (χ3v) is 4.40. The van der Waals surface area contributed by atoms with E-state index in [0.29, 0.717) is 5.82 Å². The van der Waals surface area contributed by atoms with Gasteiger partial charge in [-0.1, -0.05) is 47.1 Å². The molecule has 0 atom stereocenters. The Morgan fingerprint density at radius 2 is 1.96 bits per heavy atom. The van der Waals surface area contributed by atoms with Crippen molar-refractivity contribution in [1.29, 1.82) is 0 Å². The summed E-state index contributed by atoms with van der Waals surface area (Å²) in [6.07, 6.45) is 0. The van der Waals surface area contributed by atoms with Crippen LogP contribution in [0.5, 0.6) is 0 Å². The fourth-order valence-corrected chi connectivity index (χ4v) is 2.80. The van der Waals surface area contributed by atoms with Gasteiger partial charge in [0.25, 0.3) is 11.6 Å². The summed E-state index contributed by atoms with van der Waals surface area (Å²) in [4.78, 5) is 29.2. The Balaban J connectivity index is 1.85. The Kier molecular flexibility index (Phi) is 5.70. The molecule has 0 bridgehead atoms. The van der Waals surface area contributed by atoms with Gasteiger partial charge in [-0.2, -0.15) is 4.98 Å². The van der Waals surface area contributed by atoms with Gasteiger partial charge in [0, 0.05) is 23.2 Å². The lowest BCUT2D eigenvalue weighted by molar-refractivity contribution is -0.384. The Morgan fingerprint density at radius 3 is 2.61 bits per heavy atom. The number of hydrogen-bond acceptors (Lipinski definition) is 6. The zero-order valence-corrected chi connectivity index (χ0v) is 16.0. The molecule has 8 nitrogen and oxygen atoms in total. The summed E-state index contributed by atoms with van der Waals surface area (Å²) in [7, 11) is 0. The van der Waals surface area contributed by atoms with Gasteiger partial charge in [0.05, 0.1) is 4.92 Å². The molecule has 1 heterocycles. The van der Waals surface area contributed by atoms with E-state index in [1.165, 1.54) is 23.1 Å². The second-order valence-electron chi connectivity index (χ2n) is 6.33. The molecule has 0 aliphatic heterocycles. The fourth-order valence-electron chi connectivity index (χ4n) is 2.61. The number of nitro benzene ring substituents is 1. The average Bonchev–Trinajstić information content (AvgIpc) is 3.15. The first-order valence-corrected chi connectivity index (χ1v) is 8.87. The van der Waals surface area contributed by atoms with Gasteiger partial charge < -0.3 is 9.42 Å². The fraction of sp³-hybridized carbons (Fsp3) is 0.211. The molecule has 0 aliphatic carbocycles. The normalized spacial score (nSPS) is 10.9. The van der Waals surface area contributed by atoms with E-state index in [1.54, 1.807) is 0 Å². The molecule has 0 saturated carbocycles. The van der Waals surface area contributed by atoms with Crippen molar-refractivity contribution in [2.24, 2.45) is 0 Å². The first kappa shape index (κ1) is 19.5. The van der Waals surface area contributed by atoms with E-state index in [-0.39, 0.29) is 34.8 Å². The van der Waals surface area contributed by atoms with Gasteiger partial charge in [-0.3, -0.25) is 14.9 Å². The Labute approximate surface area is 165 Å². The zero-order chi connectivity index (χ0) is 20.3. The van der Waals surface area contributed by atoms with E-state index in [2.05, 4.69) is 10.1 Å². The van der Waals surface area contributed by atoms with Crippen LogP contribution in [0.15, 0.2) is 53.1 Å². The van der Waals surface area contributed by atoms with Gasteiger partial charge in [0.1, 0.15) is 11.6 Å². The number of rotatable bonds is 6. The van der Waals surface area contributed by atoms with Crippen LogP contribution in [0.3, 0.4) is 0 Å². The summed E-state index contributed by atoms with van der Waals surface area (Å²) in [6, 6.07) is 13.1. The number of benzene rings is 2. The Bertz CT molecular complexity index is 1000. The Hall–Kier alpha value is -3.26. The van der Waals surface area contributed by atoms with Crippen molar-refractivity contribution in [1.82, 2.24) is 15.0 Å². The van der Waals surface area contributed by atoms with Crippen molar-refractivity contribution < 1.29 is 14.2 Å². The van der Waals surface area contributed by atoms with Crippen molar-refractivity contribution >= 4 is 23.2 Å². The average molecular weight is 401 g/mol. The second-order valence-corrected chi connectivity index (χ2v) is 6.74. The minimum Gasteiger partial charge on any atom is -0.337 e. The van der Waals surface area contributed by atoms with E-state index >= 15 is 0 Å². The lowest BCUT2D eigenvalue weighted by atomic mass is 10.1. The zero-order valence-electron chi connectivity index (χ0n) is 15.2. The molecule has 1 amide bonds. The van der Waals surface area contributed by atoms with Gasteiger partial charge in [-0.15, -0.1) is 0 Å². The van der Waals surface area contributed by atoms with Gasteiger partial charge in [0.15, 0.2) is 0 Å². The van der Waals surface area contributed by atoms with E-state index in [9.17, 15) is 14.9 Å². The quantitative estimate of drug-likeness (QED) is 0.450. The molecule has 0 radical (unpaired) electrons. The molecular formula is C19H17ClN4O4. The van der Waals surface area contributed by atoms with E-state index < -0.39 is 10.8 Å². The number of nitrogens with zero attached hydrogens (tertiary/aromatic N) is 4. The molecule has 3 aromatic rings. The second kappa shape index (κ2) is 8.18. The van der Waals surface area contributed by atoms with Crippen LogP contribution in [0, 0.1) is 10.1 Å². The monoisotopic (exact) mass is 400 g/mol. The summed E-state index contributed by atoms with van der Waals surface area (Å²) in [6.45, 7) is 3.74. The molecule has 0 unspecified atom stereocenters. The lowest BCUT2D eigenvalue weighted by Gasteiger charge is -2.25. The first-order valence-electron chi connectivity index (χ1n) is 8.49. The van der Waals surface area contributed by atoms with Crippen molar-refractivity contribution in [2.45, 2.75) is 26.4 Å². The minimum atomic E-state index is -0.622. The number of carbonyl (C=O) groups is 1. The largest absolute Gasteiger partial charge is 0.337 e. The van der Waals surface area contributed by atoms with Crippen LogP contribution in [0.2, 0.25) is 5.02 Å².